The number of carbonyl (C=O) groups is 1. The van der Waals surface area contributed by atoms with Gasteiger partial charge in [0.2, 0.25) is 0 Å². The molecule has 0 bridgehead atoms. The van der Waals surface area contributed by atoms with Crippen LogP contribution in [0, 0.1) is 3.57 Å². The first kappa shape index (κ1) is 19.3. The lowest BCUT2D eigenvalue weighted by Gasteiger charge is -2.18. The predicted octanol–water partition coefficient (Wildman–Crippen LogP) is 6.13. The molecule has 1 amide bonds. The predicted molar refractivity (Wildman–Crippen MR) is 108 cm³/mol. The quantitative estimate of drug-likeness (QED) is 0.526. The molecule has 0 fully saturated rings. The minimum atomic E-state index is -0.692. The second-order valence-electron chi connectivity index (χ2n) is 5.71. The molecule has 2 aromatic carbocycles. The van der Waals surface area contributed by atoms with Crippen molar-refractivity contribution >= 4 is 57.4 Å². The Morgan fingerprint density at radius 3 is 2.46 bits per heavy atom. The Hall–Kier alpha value is -0.980. The number of hydrogen-bond donors (Lipinski definition) is 1. The highest BCUT2D eigenvalue weighted by Crippen LogP contribution is 2.29. The van der Waals surface area contributed by atoms with Gasteiger partial charge < -0.3 is 10.1 Å². The molecule has 24 heavy (non-hydrogen) atoms. The van der Waals surface area contributed by atoms with Crippen LogP contribution < -0.4 is 10.1 Å². The van der Waals surface area contributed by atoms with Gasteiger partial charge in [-0.25, -0.2) is 0 Å². The van der Waals surface area contributed by atoms with Crippen molar-refractivity contribution in [3.05, 3.63) is 55.6 Å². The van der Waals surface area contributed by atoms with Gasteiger partial charge in [0, 0.05) is 14.3 Å². The molecule has 2 rings (SSSR count). The van der Waals surface area contributed by atoms with Gasteiger partial charge in [-0.15, -0.1) is 0 Å². The summed E-state index contributed by atoms with van der Waals surface area (Å²) in [6, 6.07) is 10.9. The van der Waals surface area contributed by atoms with Gasteiger partial charge in [-0.05, 0) is 77.4 Å². The molecule has 6 heteroatoms. The number of nitrogens with one attached hydrogen (secondary N) is 1. The number of carbonyl (C=O) groups excluding carboxylic acids is 1. The van der Waals surface area contributed by atoms with Crippen molar-refractivity contribution < 1.29 is 9.53 Å². The lowest BCUT2D eigenvalue weighted by Crippen LogP contribution is -2.30. The van der Waals surface area contributed by atoms with E-state index in [0.717, 1.165) is 14.8 Å². The van der Waals surface area contributed by atoms with Crippen molar-refractivity contribution in [3.8, 4) is 5.75 Å². The smallest absolute Gasteiger partial charge is 0.265 e. The highest BCUT2D eigenvalue weighted by atomic mass is 127. The van der Waals surface area contributed by atoms with Gasteiger partial charge in [-0.2, -0.15) is 0 Å². The van der Waals surface area contributed by atoms with Crippen molar-refractivity contribution in [3.63, 3.8) is 0 Å². The fraction of sp³-hybridized carbons (Fsp3) is 0.278. The van der Waals surface area contributed by atoms with Gasteiger partial charge in [-0.3, -0.25) is 4.79 Å². The molecule has 0 aliphatic rings. The Balaban J connectivity index is 2.12. The molecule has 0 spiro atoms. The van der Waals surface area contributed by atoms with Crippen molar-refractivity contribution in [2.75, 3.05) is 5.32 Å². The largest absolute Gasteiger partial charge is 0.479 e. The van der Waals surface area contributed by atoms with Crippen molar-refractivity contribution in [1.29, 1.82) is 0 Å². The summed E-state index contributed by atoms with van der Waals surface area (Å²) in [7, 11) is 0. The maximum Gasteiger partial charge on any atom is 0.265 e. The minimum absolute atomic E-state index is 0.232. The summed E-state index contributed by atoms with van der Waals surface area (Å²) in [5, 5.41) is 3.83. The number of rotatable bonds is 5. The van der Waals surface area contributed by atoms with E-state index in [4.69, 9.17) is 27.9 Å². The van der Waals surface area contributed by atoms with Gasteiger partial charge >= 0.3 is 0 Å². The third-order valence-corrected chi connectivity index (χ3v) is 4.66. The van der Waals surface area contributed by atoms with Crippen LogP contribution >= 0.6 is 45.8 Å². The first-order valence-corrected chi connectivity index (χ1v) is 9.33. The molecule has 0 radical (unpaired) electrons. The van der Waals surface area contributed by atoms with E-state index in [1.54, 1.807) is 25.1 Å². The van der Waals surface area contributed by atoms with E-state index >= 15 is 0 Å². The van der Waals surface area contributed by atoms with E-state index in [0.29, 0.717) is 21.7 Å². The first-order valence-electron chi connectivity index (χ1n) is 7.50. The molecule has 0 aromatic heterocycles. The van der Waals surface area contributed by atoms with E-state index in [9.17, 15) is 4.79 Å². The molecule has 3 nitrogen and oxygen atoms in total. The van der Waals surface area contributed by atoms with Gasteiger partial charge in [-0.1, -0.05) is 37.0 Å². The SMILES string of the molecule is CC(C)c1cc(I)ccc1NC(=O)[C@@H](C)Oc1ccc(Cl)cc1Cl. The van der Waals surface area contributed by atoms with Gasteiger partial charge in [0.1, 0.15) is 5.75 Å². The van der Waals surface area contributed by atoms with E-state index in [-0.39, 0.29) is 5.91 Å². The fourth-order valence-corrected chi connectivity index (χ4v) is 3.14. The average molecular weight is 478 g/mol. The Kier molecular flexibility index (Phi) is 6.78. The fourth-order valence-electron chi connectivity index (χ4n) is 2.17. The maximum absolute atomic E-state index is 12.4. The lowest BCUT2D eigenvalue weighted by atomic mass is 10.0. The highest BCUT2D eigenvalue weighted by molar-refractivity contribution is 14.1. The van der Waals surface area contributed by atoms with Crippen LogP contribution in [0.3, 0.4) is 0 Å². The zero-order valence-corrected chi connectivity index (χ0v) is 17.2. The van der Waals surface area contributed by atoms with Crippen LogP contribution in [0.25, 0.3) is 0 Å². The summed E-state index contributed by atoms with van der Waals surface area (Å²) in [5.74, 6) is 0.497. The molecule has 0 heterocycles. The zero-order valence-electron chi connectivity index (χ0n) is 13.6. The molecule has 0 saturated carbocycles. The Morgan fingerprint density at radius 1 is 1.12 bits per heavy atom. The summed E-state index contributed by atoms with van der Waals surface area (Å²) in [5.41, 5.74) is 1.89. The molecule has 128 valence electrons. The molecular weight excluding hydrogens is 460 g/mol. The lowest BCUT2D eigenvalue weighted by molar-refractivity contribution is -0.122. The molecule has 0 aliphatic carbocycles. The molecule has 2 aromatic rings. The van der Waals surface area contributed by atoms with Crippen LogP contribution in [-0.2, 0) is 4.79 Å². The molecule has 0 unspecified atom stereocenters. The van der Waals surface area contributed by atoms with Crippen LogP contribution in [0.4, 0.5) is 5.69 Å². The Labute approximate surface area is 165 Å². The topological polar surface area (TPSA) is 38.3 Å². The minimum Gasteiger partial charge on any atom is -0.479 e. The van der Waals surface area contributed by atoms with E-state index in [1.165, 1.54) is 0 Å². The maximum atomic E-state index is 12.4. The van der Waals surface area contributed by atoms with Crippen LogP contribution in [0.2, 0.25) is 10.0 Å². The summed E-state index contributed by atoms with van der Waals surface area (Å²) >= 11 is 14.2. The second-order valence-corrected chi connectivity index (χ2v) is 7.80. The highest BCUT2D eigenvalue weighted by Gasteiger charge is 2.18. The number of halogens is 3. The summed E-state index contributed by atoms with van der Waals surface area (Å²) < 4.78 is 6.79. The summed E-state index contributed by atoms with van der Waals surface area (Å²) in [6.07, 6.45) is -0.692. The average Bonchev–Trinajstić information content (AvgIpc) is 2.51. The van der Waals surface area contributed by atoms with E-state index in [2.05, 4.69) is 47.8 Å². The molecule has 1 atom stereocenters. The normalized spacial score (nSPS) is 12.1. The summed E-state index contributed by atoms with van der Waals surface area (Å²) in [4.78, 5) is 12.4. The standard InChI is InChI=1S/C18H18Cl2INO2/c1-10(2)14-9-13(21)5-6-16(14)22-18(23)11(3)24-17-7-4-12(19)8-15(17)20/h4-11H,1-3H3,(H,22,23)/t11-/m1/s1. The zero-order chi connectivity index (χ0) is 17.9. The Bertz CT molecular complexity index is 750. The monoisotopic (exact) mass is 477 g/mol. The number of amides is 1. The molecule has 0 saturated heterocycles. The number of anilines is 1. The van der Waals surface area contributed by atoms with Gasteiger partial charge in [0.25, 0.3) is 5.91 Å². The third-order valence-electron chi connectivity index (χ3n) is 3.46. The number of benzene rings is 2. The van der Waals surface area contributed by atoms with Gasteiger partial charge in [0.05, 0.1) is 5.02 Å². The van der Waals surface area contributed by atoms with Crippen LogP contribution in [0.15, 0.2) is 36.4 Å². The molecule has 0 aliphatic heterocycles. The van der Waals surface area contributed by atoms with E-state index < -0.39 is 6.10 Å². The van der Waals surface area contributed by atoms with Crippen molar-refractivity contribution in [1.82, 2.24) is 0 Å². The van der Waals surface area contributed by atoms with Crippen LogP contribution in [0.5, 0.6) is 5.75 Å². The molecular formula is C18H18Cl2INO2. The van der Waals surface area contributed by atoms with Crippen LogP contribution in [-0.4, -0.2) is 12.0 Å². The third kappa shape index (κ3) is 5.01. The number of ether oxygens (including phenoxy) is 1. The Morgan fingerprint density at radius 2 is 1.83 bits per heavy atom. The van der Waals surface area contributed by atoms with Crippen molar-refractivity contribution in [2.45, 2.75) is 32.8 Å². The summed E-state index contributed by atoms with van der Waals surface area (Å²) in [6.45, 7) is 5.87. The number of hydrogen-bond acceptors (Lipinski definition) is 2. The van der Waals surface area contributed by atoms with Crippen molar-refractivity contribution in [2.24, 2.45) is 0 Å². The van der Waals surface area contributed by atoms with Crippen LogP contribution in [0.1, 0.15) is 32.3 Å². The molecule has 1 N–H and O–H groups in total. The van der Waals surface area contributed by atoms with E-state index in [1.807, 2.05) is 12.1 Å². The second kappa shape index (κ2) is 8.41. The first-order chi connectivity index (χ1) is 11.3. The van der Waals surface area contributed by atoms with Gasteiger partial charge in [0.15, 0.2) is 6.10 Å².